The molecule has 0 saturated carbocycles. The van der Waals surface area contributed by atoms with E-state index in [1.54, 1.807) is 12.1 Å². The maximum Gasteiger partial charge on any atom is 0.323 e. The van der Waals surface area contributed by atoms with Crippen LogP contribution in [0, 0.1) is 10.1 Å². The maximum absolute atomic E-state index is 11.9. The molecule has 0 spiro atoms. The zero-order valence-corrected chi connectivity index (χ0v) is 11.6. The van der Waals surface area contributed by atoms with E-state index in [1.807, 2.05) is 6.92 Å². The molecule has 0 unspecified atom stereocenters. The number of carbonyl (C=O) groups is 2. The molecular weight excluding hydrogens is 278 g/mol. The van der Waals surface area contributed by atoms with Gasteiger partial charge < -0.3 is 15.3 Å². The minimum absolute atomic E-state index is 0.0319. The summed E-state index contributed by atoms with van der Waals surface area (Å²) in [5.41, 5.74) is 0.278. The highest BCUT2D eigenvalue weighted by molar-refractivity contribution is 5.80. The third kappa shape index (κ3) is 5.09. The number of urea groups is 1. The summed E-state index contributed by atoms with van der Waals surface area (Å²) < 4.78 is 0. The van der Waals surface area contributed by atoms with Crippen molar-refractivity contribution in [3.05, 3.63) is 39.9 Å². The van der Waals surface area contributed by atoms with Crippen molar-refractivity contribution in [2.45, 2.75) is 19.9 Å². The molecule has 0 aliphatic heterocycles. The number of rotatable bonds is 7. The number of amides is 2. The Labute approximate surface area is 121 Å². The second kappa shape index (κ2) is 7.83. The Kier molecular flexibility index (Phi) is 6.12. The van der Waals surface area contributed by atoms with E-state index in [9.17, 15) is 19.7 Å². The van der Waals surface area contributed by atoms with E-state index < -0.39 is 23.5 Å². The van der Waals surface area contributed by atoms with Crippen LogP contribution in [-0.2, 0) is 11.3 Å². The largest absolute Gasteiger partial charge is 0.480 e. The predicted octanol–water partition coefficient (Wildman–Crippen LogP) is 1.60. The number of nitro groups is 1. The maximum atomic E-state index is 11.9. The van der Waals surface area contributed by atoms with Gasteiger partial charge in [0.1, 0.15) is 6.54 Å². The number of carboxylic acid groups (broad SMARTS) is 1. The molecule has 0 fully saturated rings. The molecule has 0 radical (unpaired) electrons. The number of para-hydroxylation sites is 1. The molecule has 114 valence electrons. The van der Waals surface area contributed by atoms with Crippen LogP contribution in [0.15, 0.2) is 24.3 Å². The number of benzene rings is 1. The van der Waals surface area contributed by atoms with Gasteiger partial charge in [0, 0.05) is 18.2 Å². The molecule has 2 N–H and O–H groups in total. The van der Waals surface area contributed by atoms with Crippen LogP contribution in [0.4, 0.5) is 10.5 Å². The van der Waals surface area contributed by atoms with E-state index in [2.05, 4.69) is 5.32 Å². The summed E-state index contributed by atoms with van der Waals surface area (Å²) in [6, 6.07) is 5.51. The minimum atomic E-state index is -1.11. The summed E-state index contributed by atoms with van der Waals surface area (Å²) in [6.07, 6.45) is 0.617. The van der Waals surface area contributed by atoms with Gasteiger partial charge in [-0.15, -0.1) is 0 Å². The second-order valence-corrected chi connectivity index (χ2v) is 4.36. The third-order valence-electron chi connectivity index (χ3n) is 2.73. The van der Waals surface area contributed by atoms with Crippen molar-refractivity contribution in [3.63, 3.8) is 0 Å². The summed E-state index contributed by atoms with van der Waals surface area (Å²) in [6.45, 7) is 1.69. The third-order valence-corrected chi connectivity index (χ3v) is 2.73. The lowest BCUT2D eigenvalue weighted by Gasteiger charge is -2.20. The highest BCUT2D eigenvalue weighted by Gasteiger charge is 2.17. The van der Waals surface area contributed by atoms with Crippen LogP contribution >= 0.6 is 0 Å². The van der Waals surface area contributed by atoms with Crippen molar-refractivity contribution >= 4 is 17.7 Å². The Balaban J connectivity index is 2.71. The molecule has 0 heterocycles. The van der Waals surface area contributed by atoms with Gasteiger partial charge in [0.25, 0.3) is 5.69 Å². The van der Waals surface area contributed by atoms with Gasteiger partial charge in [-0.1, -0.05) is 25.1 Å². The Hall–Kier alpha value is -2.64. The number of hydrogen-bond acceptors (Lipinski definition) is 4. The first-order valence-corrected chi connectivity index (χ1v) is 6.42. The van der Waals surface area contributed by atoms with Crippen LogP contribution in [0.2, 0.25) is 0 Å². The van der Waals surface area contributed by atoms with E-state index in [0.717, 1.165) is 4.90 Å². The fourth-order valence-corrected chi connectivity index (χ4v) is 1.81. The lowest BCUT2D eigenvalue weighted by atomic mass is 10.2. The van der Waals surface area contributed by atoms with Gasteiger partial charge in [-0.3, -0.25) is 14.9 Å². The molecule has 0 aliphatic carbocycles. The molecule has 0 saturated heterocycles. The normalized spacial score (nSPS) is 9.95. The summed E-state index contributed by atoms with van der Waals surface area (Å²) in [5.74, 6) is -1.11. The summed E-state index contributed by atoms with van der Waals surface area (Å²) >= 11 is 0. The van der Waals surface area contributed by atoms with Crippen molar-refractivity contribution in [1.82, 2.24) is 10.2 Å². The number of nitro benzene ring substituents is 1. The smallest absolute Gasteiger partial charge is 0.323 e. The molecule has 8 nitrogen and oxygen atoms in total. The van der Waals surface area contributed by atoms with Crippen LogP contribution < -0.4 is 5.32 Å². The van der Waals surface area contributed by atoms with E-state index in [4.69, 9.17) is 5.11 Å². The van der Waals surface area contributed by atoms with Gasteiger partial charge >= 0.3 is 12.0 Å². The number of aliphatic carboxylic acids is 1. The van der Waals surface area contributed by atoms with Gasteiger partial charge in [0.15, 0.2) is 0 Å². The molecule has 0 atom stereocenters. The molecular formula is C13H17N3O5. The fourth-order valence-electron chi connectivity index (χ4n) is 1.81. The van der Waals surface area contributed by atoms with Gasteiger partial charge in [-0.25, -0.2) is 4.79 Å². The Morgan fingerprint density at radius 2 is 2.05 bits per heavy atom. The quantitative estimate of drug-likeness (QED) is 0.586. The first-order valence-electron chi connectivity index (χ1n) is 6.42. The summed E-state index contributed by atoms with van der Waals surface area (Å²) in [5, 5.41) is 22.1. The molecule has 0 aliphatic rings. The van der Waals surface area contributed by atoms with Crippen molar-refractivity contribution in [2.24, 2.45) is 0 Å². The van der Waals surface area contributed by atoms with Crippen molar-refractivity contribution in [2.75, 3.05) is 13.1 Å². The average molecular weight is 295 g/mol. The van der Waals surface area contributed by atoms with Crippen molar-refractivity contribution in [1.29, 1.82) is 0 Å². The molecule has 2 amide bonds. The first kappa shape index (κ1) is 16.4. The van der Waals surface area contributed by atoms with Gasteiger partial charge in [0.05, 0.1) is 11.5 Å². The van der Waals surface area contributed by atoms with Gasteiger partial charge in [0.2, 0.25) is 0 Å². The fraction of sp³-hybridized carbons (Fsp3) is 0.385. The molecule has 8 heteroatoms. The molecule has 1 rings (SSSR count). The molecule has 0 bridgehead atoms. The van der Waals surface area contributed by atoms with E-state index >= 15 is 0 Å². The highest BCUT2D eigenvalue weighted by atomic mass is 16.6. The van der Waals surface area contributed by atoms with Gasteiger partial charge in [-0.05, 0) is 6.42 Å². The molecule has 21 heavy (non-hydrogen) atoms. The van der Waals surface area contributed by atoms with E-state index in [0.29, 0.717) is 18.5 Å². The number of hydrogen-bond donors (Lipinski definition) is 2. The summed E-state index contributed by atoms with van der Waals surface area (Å²) in [4.78, 5) is 34.1. The summed E-state index contributed by atoms with van der Waals surface area (Å²) in [7, 11) is 0. The van der Waals surface area contributed by atoms with Crippen LogP contribution in [0.5, 0.6) is 0 Å². The Morgan fingerprint density at radius 1 is 1.38 bits per heavy atom. The van der Waals surface area contributed by atoms with Crippen molar-refractivity contribution < 1.29 is 19.6 Å². The van der Waals surface area contributed by atoms with Crippen molar-refractivity contribution in [3.8, 4) is 0 Å². The standard InChI is InChI=1S/C13H17N3O5/c1-2-7-15(9-12(17)18)13(19)14-8-10-5-3-4-6-11(10)16(20)21/h3-6H,2,7-9H2,1H3,(H,14,19)(H,17,18). The highest BCUT2D eigenvalue weighted by Crippen LogP contribution is 2.17. The number of nitrogens with one attached hydrogen (secondary N) is 1. The molecule has 0 aromatic heterocycles. The Bertz CT molecular complexity index is 532. The first-order chi connectivity index (χ1) is 9.95. The topological polar surface area (TPSA) is 113 Å². The monoisotopic (exact) mass is 295 g/mol. The van der Waals surface area contributed by atoms with E-state index in [-0.39, 0.29) is 12.2 Å². The second-order valence-electron chi connectivity index (χ2n) is 4.36. The molecule has 1 aromatic carbocycles. The average Bonchev–Trinajstić information content (AvgIpc) is 2.44. The number of carbonyl (C=O) groups excluding carboxylic acids is 1. The lowest BCUT2D eigenvalue weighted by molar-refractivity contribution is -0.385. The minimum Gasteiger partial charge on any atom is -0.480 e. The van der Waals surface area contributed by atoms with Crippen LogP contribution in [0.1, 0.15) is 18.9 Å². The van der Waals surface area contributed by atoms with Crippen LogP contribution in [0.25, 0.3) is 0 Å². The van der Waals surface area contributed by atoms with Crippen LogP contribution in [0.3, 0.4) is 0 Å². The SMILES string of the molecule is CCCN(CC(=O)O)C(=O)NCc1ccccc1[N+](=O)[O-]. The van der Waals surface area contributed by atoms with Gasteiger partial charge in [-0.2, -0.15) is 0 Å². The Morgan fingerprint density at radius 3 is 2.62 bits per heavy atom. The van der Waals surface area contributed by atoms with Crippen LogP contribution in [-0.4, -0.2) is 40.0 Å². The predicted molar refractivity (Wildman–Crippen MR) is 74.8 cm³/mol. The van der Waals surface area contributed by atoms with E-state index in [1.165, 1.54) is 12.1 Å². The lowest BCUT2D eigenvalue weighted by Crippen LogP contribution is -2.42. The number of carboxylic acids is 1. The zero-order valence-electron chi connectivity index (χ0n) is 11.6. The number of nitrogens with zero attached hydrogens (tertiary/aromatic N) is 2. The molecule has 1 aromatic rings. The zero-order chi connectivity index (χ0) is 15.8.